The molecule has 1 aromatic carbocycles. The molecular weight excluding hydrogens is 721 g/mol. The van der Waals surface area contributed by atoms with E-state index in [1.807, 2.05) is 37.4 Å². The molecule has 14 heteroatoms. The van der Waals surface area contributed by atoms with Gasteiger partial charge in [0.2, 0.25) is 17.7 Å². The number of unbranched alkanes of at least 4 members (excludes halogenated alkanes) is 3. The van der Waals surface area contributed by atoms with E-state index in [1.165, 1.54) is 16.2 Å². The fraction of sp³-hybridized carbons (Fsp3) is 0.561. The van der Waals surface area contributed by atoms with Crippen LogP contribution in [0.3, 0.4) is 0 Å². The number of ether oxygens (including phenoxy) is 3. The number of carbonyl (C=O) groups excluding carboxylic acids is 4. The lowest BCUT2D eigenvalue weighted by Crippen LogP contribution is -2.54. The molecule has 0 spiro atoms. The number of methoxy groups -OCH3 is 1. The third-order valence-electron chi connectivity index (χ3n) is 10.3. The van der Waals surface area contributed by atoms with Gasteiger partial charge in [0.05, 0.1) is 24.9 Å². The number of thiazole rings is 1. The first-order valence-electron chi connectivity index (χ1n) is 19.1. The minimum absolute atomic E-state index is 0.0547. The maximum Gasteiger partial charge on any atom is 0.408 e. The SMILES string of the molecule is COc1ccc2c(O[C@H]3CN(C(=O)[C@H](CCCCC/C=C\[C@@H]4C[C@@H]4C(N)=O)NC(=O)OC(C)(C)C)[C@H](C(N)=O)C3C)cc(-c3nc(C(C)C)cs3)nc2c1C. The van der Waals surface area contributed by atoms with Crippen LogP contribution in [-0.2, 0) is 19.1 Å². The Hall–Kier alpha value is -4.72. The van der Waals surface area contributed by atoms with Gasteiger partial charge in [-0.3, -0.25) is 14.4 Å². The fourth-order valence-electron chi connectivity index (χ4n) is 7.10. The van der Waals surface area contributed by atoms with Crippen molar-refractivity contribution in [1.29, 1.82) is 0 Å². The summed E-state index contributed by atoms with van der Waals surface area (Å²) in [5, 5.41) is 6.30. The zero-order chi connectivity index (χ0) is 40.2. The van der Waals surface area contributed by atoms with Crippen molar-refractivity contribution in [3.8, 4) is 22.2 Å². The zero-order valence-corrected chi connectivity index (χ0v) is 34.0. The van der Waals surface area contributed by atoms with Crippen LogP contribution in [-0.4, -0.2) is 76.1 Å². The predicted molar refractivity (Wildman–Crippen MR) is 213 cm³/mol. The van der Waals surface area contributed by atoms with Crippen molar-refractivity contribution in [2.75, 3.05) is 13.7 Å². The highest BCUT2D eigenvalue weighted by molar-refractivity contribution is 7.13. The van der Waals surface area contributed by atoms with E-state index in [2.05, 4.69) is 31.3 Å². The molecule has 2 fully saturated rings. The molecule has 1 aliphatic carbocycles. The Labute approximate surface area is 327 Å². The predicted octanol–water partition coefficient (Wildman–Crippen LogP) is 6.40. The van der Waals surface area contributed by atoms with E-state index in [0.29, 0.717) is 35.6 Å². The number of primary amides is 2. The molecule has 1 aliphatic heterocycles. The number of alkyl carbamates (subject to hydrolysis) is 1. The van der Waals surface area contributed by atoms with Crippen molar-refractivity contribution < 1.29 is 33.4 Å². The number of nitrogens with one attached hydrogen (secondary N) is 1. The van der Waals surface area contributed by atoms with E-state index in [4.69, 9.17) is 35.6 Å². The van der Waals surface area contributed by atoms with Crippen molar-refractivity contribution in [2.24, 2.45) is 29.2 Å². The van der Waals surface area contributed by atoms with E-state index in [0.717, 1.165) is 47.3 Å². The molecule has 4 amide bonds. The lowest BCUT2D eigenvalue weighted by Gasteiger charge is -2.29. The van der Waals surface area contributed by atoms with Gasteiger partial charge in [-0.2, -0.15) is 0 Å². The van der Waals surface area contributed by atoms with Crippen molar-refractivity contribution in [3.05, 3.63) is 47.0 Å². The number of allylic oxidation sites excluding steroid dienone is 2. The number of aryl methyl sites for hydroxylation is 1. The number of fused-ring (bicyclic) bond motifs is 1. The standard InChI is InChI=1S/C41H56N6O7S/c1-22(2)30-21-55-38(45-30)29-19-32(26-16-17-31(52-8)23(3)34(26)44-29)53-33-20-47(35(24(33)4)37(43)49)39(50)28(46-40(51)54-41(5,6)7)15-13-11-9-10-12-14-25-18-27(25)36(42)48/h12,14,16-17,19,21-22,24-25,27-28,33,35H,9-11,13,15,18,20H2,1-8H3,(H2,42,48)(H2,43,49)(H,46,51)/b14-12-/t24?,25-,27+,28+,33+,35+/m1/s1. The molecule has 0 radical (unpaired) electrons. The van der Waals surface area contributed by atoms with Crippen LogP contribution < -0.4 is 26.3 Å². The van der Waals surface area contributed by atoms with E-state index in [1.54, 1.807) is 27.9 Å². The maximum absolute atomic E-state index is 14.4. The molecule has 298 valence electrons. The highest BCUT2D eigenvalue weighted by Crippen LogP contribution is 2.40. The van der Waals surface area contributed by atoms with Crippen LogP contribution in [0.4, 0.5) is 4.79 Å². The molecule has 6 atom stereocenters. The van der Waals surface area contributed by atoms with Crippen molar-refractivity contribution >= 4 is 46.1 Å². The summed E-state index contributed by atoms with van der Waals surface area (Å²) in [6.45, 7) is 13.3. The van der Waals surface area contributed by atoms with Gasteiger partial charge in [0.1, 0.15) is 46.0 Å². The molecular formula is C41H56N6O7S. The second-order valence-corrected chi connectivity index (χ2v) is 16.9. The molecule has 13 nitrogen and oxygen atoms in total. The first kappa shape index (κ1) is 41.4. The summed E-state index contributed by atoms with van der Waals surface area (Å²) in [7, 11) is 1.61. The number of likely N-dealkylation sites (tertiary alicyclic amines) is 1. The summed E-state index contributed by atoms with van der Waals surface area (Å²) in [6, 6.07) is 3.69. The number of amides is 4. The average Bonchev–Trinajstić information content (AvgIpc) is 3.57. The molecule has 3 heterocycles. The van der Waals surface area contributed by atoms with E-state index < -0.39 is 47.6 Å². The Morgan fingerprint density at radius 1 is 1.07 bits per heavy atom. The van der Waals surface area contributed by atoms with Gasteiger partial charge in [-0.05, 0) is 77.3 Å². The number of nitrogens with two attached hydrogens (primary N) is 2. The van der Waals surface area contributed by atoms with Gasteiger partial charge in [0.15, 0.2) is 0 Å². The van der Waals surface area contributed by atoms with E-state index in [9.17, 15) is 19.2 Å². The smallest absolute Gasteiger partial charge is 0.408 e. The van der Waals surface area contributed by atoms with Crippen molar-refractivity contribution in [1.82, 2.24) is 20.2 Å². The van der Waals surface area contributed by atoms with Gasteiger partial charge in [0.25, 0.3) is 0 Å². The van der Waals surface area contributed by atoms with Gasteiger partial charge in [-0.1, -0.05) is 45.8 Å². The molecule has 1 unspecified atom stereocenters. The monoisotopic (exact) mass is 776 g/mol. The number of pyridine rings is 1. The number of hydrogen-bond acceptors (Lipinski definition) is 10. The normalized spacial score (nSPS) is 21.5. The molecule has 5 N–H and O–H groups in total. The maximum atomic E-state index is 14.4. The third-order valence-corrected chi connectivity index (χ3v) is 11.2. The summed E-state index contributed by atoms with van der Waals surface area (Å²) < 4.78 is 17.9. The lowest BCUT2D eigenvalue weighted by molar-refractivity contribution is -0.139. The van der Waals surface area contributed by atoms with E-state index in [-0.39, 0.29) is 30.2 Å². The summed E-state index contributed by atoms with van der Waals surface area (Å²) in [6.07, 6.45) is 7.07. The van der Waals surface area contributed by atoms with Crippen LogP contribution in [0.1, 0.15) is 97.2 Å². The van der Waals surface area contributed by atoms with Crippen molar-refractivity contribution in [3.63, 3.8) is 0 Å². The molecule has 1 saturated heterocycles. The molecule has 0 bridgehead atoms. The highest BCUT2D eigenvalue weighted by Gasteiger charge is 2.48. The van der Waals surface area contributed by atoms with Crippen LogP contribution in [0.5, 0.6) is 11.5 Å². The van der Waals surface area contributed by atoms with Gasteiger partial charge >= 0.3 is 6.09 Å². The second-order valence-electron chi connectivity index (χ2n) is 16.1. The first-order chi connectivity index (χ1) is 26.0. The Balaban J connectivity index is 1.36. The number of hydrogen-bond donors (Lipinski definition) is 3. The Kier molecular flexibility index (Phi) is 13.1. The Morgan fingerprint density at radius 3 is 2.44 bits per heavy atom. The minimum atomic E-state index is -0.973. The van der Waals surface area contributed by atoms with Crippen LogP contribution >= 0.6 is 11.3 Å². The van der Waals surface area contributed by atoms with E-state index >= 15 is 0 Å². The molecule has 5 rings (SSSR count). The van der Waals surface area contributed by atoms with Gasteiger partial charge in [-0.15, -0.1) is 11.3 Å². The van der Waals surface area contributed by atoms with Crippen molar-refractivity contribution in [2.45, 2.75) is 117 Å². The molecule has 55 heavy (non-hydrogen) atoms. The van der Waals surface area contributed by atoms with Crippen LogP contribution in [0, 0.1) is 24.7 Å². The first-order valence-corrected chi connectivity index (χ1v) is 20.0. The summed E-state index contributed by atoms with van der Waals surface area (Å²) in [4.78, 5) is 63.0. The molecule has 1 saturated carbocycles. The molecule has 2 aromatic heterocycles. The summed E-state index contributed by atoms with van der Waals surface area (Å²) in [5.41, 5.74) is 13.7. The van der Waals surface area contributed by atoms with Gasteiger partial charge in [0, 0.05) is 34.2 Å². The highest BCUT2D eigenvalue weighted by atomic mass is 32.1. The largest absolute Gasteiger partial charge is 0.496 e. The van der Waals surface area contributed by atoms with Crippen LogP contribution in [0.15, 0.2) is 35.7 Å². The second kappa shape index (κ2) is 17.4. The Bertz CT molecular complexity index is 1920. The topological polar surface area (TPSA) is 189 Å². The number of carbonyl (C=O) groups is 4. The lowest BCUT2D eigenvalue weighted by atomic mass is 9.99. The minimum Gasteiger partial charge on any atom is -0.496 e. The zero-order valence-electron chi connectivity index (χ0n) is 33.2. The van der Waals surface area contributed by atoms with Gasteiger partial charge < -0.3 is 35.9 Å². The van der Waals surface area contributed by atoms with Gasteiger partial charge in [-0.25, -0.2) is 14.8 Å². The third kappa shape index (κ3) is 10.1. The fourth-order valence-corrected chi connectivity index (χ4v) is 8.05. The Morgan fingerprint density at radius 2 is 1.82 bits per heavy atom. The molecule has 3 aromatic rings. The summed E-state index contributed by atoms with van der Waals surface area (Å²) >= 11 is 1.51. The summed E-state index contributed by atoms with van der Waals surface area (Å²) in [5.74, 6) is -0.178. The average molecular weight is 777 g/mol. The number of rotatable bonds is 16. The molecule has 2 aliphatic rings. The quantitative estimate of drug-likeness (QED) is 0.109. The van der Waals surface area contributed by atoms with Crippen LogP contribution in [0.2, 0.25) is 0 Å². The number of benzene rings is 1. The van der Waals surface area contributed by atoms with Crippen LogP contribution in [0.25, 0.3) is 21.6 Å². The number of nitrogens with zero attached hydrogens (tertiary/aromatic N) is 3. The number of aromatic nitrogens is 2.